The molecule has 0 spiro atoms. The van der Waals surface area contributed by atoms with Crippen LogP contribution in [0.3, 0.4) is 0 Å². The van der Waals surface area contributed by atoms with Crippen LogP contribution in [-0.4, -0.2) is 4.98 Å². The van der Waals surface area contributed by atoms with Crippen molar-refractivity contribution in [3.05, 3.63) is 45.4 Å². The van der Waals surface area contributed by atoms with Gasteiger partial charge < -0.3 is 10.5 Å². The molecule has 2 N–H and O–H groups in total. The third-order valence-corrected chi connectivity index (χ3v) is 3.11. The van der Waals surface area contributed by atoms with E-state index >= 15 is 0 Å². The van der Waals surface area contributed by atoms with Gasteiger partial charge >= 0.3 is 6.18 Å². The number of rotatable bonds is 2. The zero-order valence-electron chi connectivity index (χ0n) is 9.71. The molecule has 0 saturated carbocycles. The molecule has 0 aliphatic heterocycles. The van der Waals surface area contributed by atoms with Gasteiger partial charge in [-0.1, -0.05) is 11.6 Å². The molecule has 1 aromatic heterocycles. The van der Waals surface area contributed by atoms with Gasteiger partial charge in [-0.25, -0.2) is 0 Å². The summed E-state index contributed by atoms with van der Waals surface area (Å²) in [5.41, 5.74) is 4.42. The predicted octanol–water partition coefficient (Wildman–Crippen LogP) is 4.89. The minimum absolute atomic E-state index is 0.250. The van der Waals surface area contributed by atoms with Crippen molar-refractivity contribution >= 4 is 33.3 Å². The monoisotopic (exact) mass is 366 g/mol. The molecule has 0 unspecified atom stereocenters. The lowest BCUT2D eigenvalue weighted by atomic mass is 10.2. The van der Waals surface area contributed by atoms with Crippen LogP contribution in [0.1, 0.15) is 5.56 Å². The largest absolute Gasteiger partial charge is 0.438 e. The van der Waals surface area contributed by atoms with Crippen molar-refractivity contribution in [1.82, 2.24) is 4.98 Å². The Balaban J connectivity index is 2.36. The number of nitrogens with zero attached hydrogens (tertiary/aromatic N) is 1. The van der Waals surface area contributed by atoms with E-state index in [1.165, 1.54) is 6.07 Å². The molecule has 1 aromatic carbocycles. The molecule has 106 valence electrons. The third-order valence-electron chi connectivity index (χ3n) is 2.26. The molecule has 0 bridgehead atoms. The number of aromatic nitrogens is 1. The summed E-state index contributed by atoms with van der Waals surface area (Å²) >= 11 is 8.95. The van der Waals surface area contributed by atoms with E-state index in [1.54, 1.807) is 12.1 Å². The summed E-state index contributed by atoms with van der Waals surface area (Å²) in [6.07, 6.45) is -4.52. The Morgan fingerprint density at radius 2 is 1.90 bits per heavy atom. The zero-order chi connectivity index (χ0) is 14.9. The van der Waals surface area contributed by atoms with Crippen molar-refractivity contribution in [2.24, 2.45) is 0 Å². The van der Waals surface area contributed by atoms with Crippen molar-refractivity contribution in [3.63, 3.8) is 0 Å². The number of pyridine rings is 1. The molecule has 0 fully saturated rings. The summed E-state index contributed by atoms with van der Waals surface area (Å²) in [5, 5.41) is 0.459. The first kappa shape index (κ1) is 14.9. The first-order valence-corrected chi connectivity index (χ1v) is 6.40. The van der Waals surface area contributed by atoms with Gasteiger partial charge in [-0.15, -0.1) is 0 Å². The Morgan fingerprint density at radius 3 is 2.50 bits per heavy atom. The van der Waals surface area contributed by atoms with Gasteiger partial charge in [-0.2, -0.15) is 18.2 Å². The number of nitrogen functional groups attached to an aromatic ring is 1. The number of hydrogen-bond donors (Lipinski definition) is 1. The highest BCUT2D eigenvalue weighted by Gasteiger charge is 2.31. The van der Waals surface area contributed by atoms with E-state index in [0.717, 1.165) is 12.1 Å². The number of nitrogens with two attached hydrogens (primary N) is 1. The quantitative estimate of drug-likeness (QED) is 0.822. The topological polar surface area (TPSA) is 48.1 Å². The van der Waals surface area contributed by atoms with E-state index in [2.05, 4.69) is 20.9 Å². The number of alkyl halides is 3. The molecule has 0 aliphatic carbocycles. The summed E-state index contributed by atoms with van der Waals surface area (Å²) in [4.78, 5) is 3.71. The van der Waals surface area contributed by atoms with Crippen LogP contribution in [0, 0.1) is 0 Å². The average molecular weight is 368 g/mol. The van der Waals surface area contributed by atoms with E-state index in [4.69, 9.17) is 22.1 Å². The van der Waals surface area contributed by atoms with Crippen LogP contribution < -0.4 is 10.5 Å². The van der Waals surface area contributed by atoms with E-state index in [1.807, 2.05) is 0 Å². The van der Waals surface area contributed by atoms with Crippen LogP contribution in [0.5, 0.6) is 11.6 Å². The Kier molecular flexibility index (Phi) is 4.10. The van der Waals surface area contributed by atoms with Gasteiger partial charge in [-0.05, 0) is 40.2 Å². The number of benzene rings is 1. The van der Waals surface area contributed by atoms with Gasteiger partial charge in [0.25, 0.3) is 0 Å². The van der Waals surface area contributed by atoms with E-state index in [0.29, 0.717) is 9.50 Å². The van der Waals surface area contributed by atoms with Crippen LogP contribution in [0.4, 0.5) is 19.0 Å². The van der Waals surface area contributed by atoms with Crippen molar-refractivity contribution in [2.75, 3.05) is 5.73 Å². The number of hydrogen-bond acceptors (Lipinski definition) is 3. The van der Waals surface area contributed by atoms with E-state index in [9.17, 15) is 13.2 Å². The molecule has 0 saturated heterocycles. The second-order valence-corrected chi connectivity index (χ2v) is 5.08. The summed E-state index contributed by atoms with van der Waals surface area (Å²) in [5.74, 6) is -0.249. The second-order valence-electron chi connectivity index (χ2n) is 3.79. The minimum Gasteiger partial charge on any atom is -0.438 e. The first-order valence-electron chi connectivity index (χ1n) is 5.23. The van der Waals surface area contributed by atoms with Crippen LogP contribution in [0.2, 0.25) is 5.02 Å². The van der Waals surface area contributed by atoms with Gasteiger partial charge in [0.05, 0.1) is 10.0 Å². The fraction of sp³-hybridized carbons (Fsp3) is 0.0833. The summed E-state index contributed by atoms with van der Waals surface area (Å²) in [6, 6.07) is 6.11. The van der Waals surface area contributed by atoms with E-state index < -0.39 is 11.7 Å². The number of halogens is 5. The van der Waals surface area contributed by atoms with Crippen LogP contribution in [0.25, 0.3) is 0 Å². The van der Waals surface area contributed by atoms with Gasteiger partial charge in [-0.3, -0.25) is 0 Å². The highest BCUT2D eigenvalue weighted by Crippen LogP contribution is 2.35. The van der Waals surface area contributed by atoms with Crippen LogP contribution in [0.15, 0.2) is 34.8 Å². The lowest BCUT2D eigenvalue weighted by Gasteiger charge is -2.11. The summed E-state index contributed by atoms with van der Waals surface area (Å²) < 4.78 is 43.7. The minimum atomic E-state index is -4.52. The van der Waals surface area contributed by atoms with Crippen molar-refractivity contribution in [3.8, 4) is 11.6 Å². The maximum atomic E-state index is 12.7. The standard InChI is InChI=1S/C12H7BrClF3N2O/c13-8-5-7(14)1-2-9(8)20-11-4-6(12(15,16)17)3-10(18)19-11/h1-5H,(H2,18,19). The van der Waals surface area contributed by atoms with Crippen LogP contribution in [-0.2, 0) is 6.18 Å². The van der Waals surface area contributed by atoms with Gasteiger partial charge in [0.2, 0.25) is 5.88 Å². The normalized spacial score (nSPS) is 11.4. The summed E-state index contributed by atoms with van der Waals surface area (Å²) in [6.45, 7) is 0. The molecule has 2 rings (SSSR count). The van der Waals surface area contributed by atoms with Gasteiger partial charge in [0, 0.05) is 11.1 Å². The first-order chi connectivity index (χ1) is 9.25. The fourth-order valence-corrected chi connectivity index (χ4v) is 2.18. The average Bonchev–Trinajstić information content (AvgIpc) is 2.31. The number of anilines is 1. The highest BCUT2D eigenvalue weighted by molar-refractivity contribution is 9.10. The molecule has 0 atom stereocenters. The van der Waals surface area contributed by atoms with Crippen LogP contribution >= 0.6 is 27.5 Å². The smallest absolute Gasteiger partial charge is 0.416 e. The molecule has 0 amide bonds. The molecule has 8 heteroatoms. The molecular weight excluding hydrogens is 360 g/mol. The Bertz CT molecular complexity index is 649. The molecule has 0 radical (unpaired) electrons. The highest BCUT2D eigenvalue weighted by atomic mass is 79.9. The Labute approximate surface area is 125 Å². The van der Waals surface area contributed by atoms with Gasteiger partial charge in [0.1, 0.15) is 11.6 Å². The zero-order valence-corrected chi connectivity index (χ0v) is 12.1. The maximum Gasteiger partial charge on any atom is 0.416 e. The fourth-order valence-electron chi connectivity index (χ4n) is 1.41. The van der Waals surface area contributed by atoms with Crippen molar-refractivity contribution < 1.29 is 17.9 Å². The number of ether oxygens (including phenoxy) is 1. The van der Waals surface area contributed by atoms with Gasteiger partial charge in [0.15, 0.2) is 0 Å². The molecule has 0 aliphatic rings. The molecule has 3 nitrogen and oxygen atoms in total. The van der Waals surface area contributed by atoms with Crippen molar-refractivity contribution in [2.45, 2.75) is 6.18 Å². The molecular formula is C12H7BrClF3N2O. The lowest BCUT2D eigenvalue weighted by Crippen LogP contribution is -2.07. The molecule has 1 heterocycles. The van der Waals surface area contributed by atoms with Crippen molar-refractivity contribution in [1.29, 1.82) is 0 Å². The SMILES string of the molecule is Nc1cc(C(F)(F)F)cc(Oc2ccc(Cl)cc2Br)n1. The second kappa shape index (κ2) is 5.49. The molecule has 2 aromatic rings. The maximum absolute atomic E-state index is 12.7. The predicted molar refractivity (Wildman–Crippen MR) is 72.9 cm³/mol. The van der Waals surface area contributed by atoms with E-state index in [-0.39, 0.29) is 17.4 Å². The third kappa shape index (κ3) is 3.55. The molecule has 20 heavy (non-hydrogen) atoms. The lowest BCUT2D eigenvalue weighted by molar-refractivity contribution is -0.137. The Morgan fingerprint density at radius 1 is 1.20 bits per heavy atom. The Hall–Kier alpha value is -1.47. The summed E-state index contributed by atoms with van der Waals surface area (Å²) in [7, 11) is 0.